The zero-order valence-electron chi connectivity index (χ0n) is 17.6. The number of nitro groups is 1. The van der Waals surface area contributed by atoms with Gasteiger partial charge in [0.25, 0.3) is 5.69 Å². The quantitative estimate of drug-likeness (QED) is 0.485. The summed E-state index contributed by atoms with van der Waals surface area (Å²) in [6.07, 6.45) is 3.45. The van der Waals surface area contributed by atoms with Crippen LogP contribution in [-0.2, 0) is 6.54 Å². The number of hydrogen-bond acceptors (Lipinski definition) is 6. The second kappa shape index (κ2) is 10.4. The van der Waals surface area contributed by atoms with Gasteiger partial charge in [-0.05, 0) is 78.1 Å². The molecule has 4 rings (SSSR count). The molecular formula is C23H29BrN4O3. The van der Waals surface area contributed by atoms with Crippen LogP contribution in [-0.4, -0.2) is 55.2 Å². The number of nitrogens with one attached hydrogen (secondary N) is 1. The SMILES string of the molecule is O=[N+]([O-])c1ccc(N2CCCN(Cc3ccc(OC4CCNCC4)c(Br)c3)CC2)cc1. The van der Waals surface area contributed by atoms with Crippen LogP contribution < -0.4 is 15.0 Å². The molecule has 2 aromatic carbocycles. The van der Waals surface area contributed by atoms with Crippen molar-refractivity contribution >= 4 is 27.3 Å². The minimum Gasteiger partial charge on any atom is -0.489 e. The Morgan fingerprint density at radius 3 is 2.55 bits per heavy atom. The van der Waals surface area contributed by atoms with E-state index in [-0.39, 0.29) is 10.6 Å². The lowest BCUT2D eigenvalue weighted by Crippen LogP contribution is -2.34. The maximum Gasteiger partial charge on any atom is 0.269 e. The second-order valence-electron chi connectivity index (χ2n) is 8.22. The molecular weight excluding hydrogens is 460 g/mol. The smallest absolute Gasteiger partial charge is 0.269 e. The van der Waals surface area contributed by atoms with Crippen molar-refractivity contribution in [1.29, 1.82) is 0 Å². The van der Waals surface area contributed by atoms with Crippen molar-refractivity contribution in [3.05, 3.63) is 62.6 Å². The molecule has 166 valence electrons. The normalized spacial score (nSPS) is 18.5. The van der Waals surface area contributed by atoms with Gasteiger partial charge in [0.05, 0.1) is 9.40 Å². The number of halogens is 1. The van der Waals surface area contributed by atoms with Gasteiger partial charge < -0.3 is 15.0 Å². The Kier molecular flexibility index (Phi) is 7.42. The molecule has 0 amide bonds. The number of nitrogens with zero attached hydrogens (tertiary/aromatic N) is 3. The minimum absolute atomic E-state index is 0.137. The van der Waals surface area contributed by atoms with Gasteiger partial charge in [-0.25, -0.2) is 0 Å². The summed E-state index contributed by atoms with van der Waals surface area (Å²) >= 11 is 3.69. The van der Waals surface area contributed by atoms with Gasteiger partial charge in [0.2, 0.25) is 0 Å². The second-order valence-corrected chi connectivity index (χ2v) is 9.08. The average Bonchev–Trinajstić information content (AvgIpc) is 3.02. The Morgan fingerprint density at radius 2 is 1.84 bits per heavy atom. The largest absolute Gasteiger partial charge is 0.489 e. The van der Waals surface area contributed by atoms with Gasteiger partial charge in [-0.3, -0.25) is 15.0 Å². The van der Waals surface area contributed by atoms with Crippen molar-refractivity contribution < 1.29 is 9.66 Å². The fourth-order valence-corrected chi connectivity index (χ4v) is 4.78. The van der Waals surface area contributed by atoms with Crippen LogP contribution >= 0.6 is 15.9 Å². The van der Waals surface area contributed by atoms with Crippen molar-refractivity contribution in [1.82, 2.24) is 10.2 Å². The third-order valence-electron chi connectivity index (χ3n) is 6.00. The number of ether oxygens (including phenoxy) is 1. The lowest BCUT2D eigenvalue weighted by atomic mass is 10.1. The third-order valence-corrected chi connectivity index (χ3v) is 6.62. The van der Waals surface area contributed by atoms with Gasteiger partial charge in [0, 0.05) is 50.5 Å². The average molecular weight is 489 g/mol. The third kappa shape index (κ3) is 5.96. The summed E-state index contributed by atoms with van der Waals surface area (Å²) in [5.41, 5.74) is 2.46. The van der Waals surface area contributed by atoms with Crippen molar-refractivity contribution in [2.45, 2.75) is 31.9 Å². The number of benzene rings is 2. The Hall–Kier alpha value is -2.16. The van der Waals surface area contributed by atoms with Crippen molar-refractivity contribution in [2.24, 2.45) is 0 Å². The first kappa shape index (κ1) is 22.0. The molecule has 2 fully saturated rings. The van der Waals surface area contributed by atoms with Crippen LogP contribution in [0.15, 0.2) is 46.9 Å². The van der Waals surface area contributed by atoms with E-state index >= 15 is 0 Å². The van der Waals surface area contributed by atoms with Gasteiger partial charge in [0.15, 0.2) is 0 Å². The Morgan fingerprint density at radius 1 is 1.06 bits per heavy atom. The van der Waals surface area contributed by atoms with Crippen LogP contribution in [0.5, 0.6) is 5.75 Å². The summed E-state index contributed by atoms with van der Waals surface area (Å²) in [6, 6.07) is 13.3. The zero-order valence-corrected chi connectivity index (χ0v) is 19.2. The summed E-state index contributed by atoms with van der Waals surface area (Å²) in [5.74, 6) is 0.927. The molecule has 0 aliphatic carbocycles. The van der Waals surface area contributed by atoms with Crippen molar-refractivity contribution in [2.75, 3.05) is 44.2 Å². The van der Waals surface area contributed by atoms with Gasteiger partial charge >= 0.3 is 0 Å². The summed E-state index contributed by atoms with van der Waals surface area (Å²) in [5, 5.41) is 14.2. The van der Waals surface area contributed by atoms with E-state index in [9.17, 15) is 10.1 Å². The molecule has 0 atom stereocenters. The van der Waals surface area contributed by atoms with E-state index in [2.05, 4.69) is 49.2 Å². The number of piperidine rings is 1. The van der Waals surface area contributed by atoms with Gasteiger partial charge in [-0.2, -0.15) is 0 Å². The Labute approximate surface area is 191 Å². The van der Waals surface area contributed by atoms with Gasteiger partial charge in [-0.1, -0.05) is 6.07 Å². The molecule has 0 unspecified atom stereocenters. The van der Waals surface area contributed by atoms with Crippen LogP contribution in [0.1, 0.15) is 24.8 Å². The van der Waals surface area contributed by atoms with Crippen LogP contribution in [0.3, 0.4) is 0 Å². The molecule has 31 heavy (non-hydrogen) atoms. The lowest BCUT2D eigenvalue weighted by molar-refractivity contribution is -0.384. The van der Waals surface area contributed by atoms with Crippen LogP contribution in [0.2, 0.25) is 0 Å². The summed E-state index contributed by atoms with van der Waals surface area (Å²) < 4.78 is 7.21. The molecule has 2 heterocycles. The highest BCUT2D eigenvalue weighted by atomic mass is 79.9. The van der Waals surface area contributed by atoms with Crippen LogP contribution in [0.25, 0.3) is 0 Å². The first-order valence-electron chi connectivity index (χ1n) is 11.0. The Bertz CT molecular complexity index is 887. The van der Waals surface area contributed by atoms with E-state index in [1.807, 2.05) is 12.1 Å². The fraction of sp³-hybridized carbons (Fsp3) is 0.478. The van der Waals surface area contributed by atoms with Crippen LogP contribution in [0.4, 0.5) is 11.4 Å². The highest BCUT2D eigenvalue weighted by Gasteiger charge is 2.18. The highest BCUT2D eigenvalue weighted by Crippen LogP contribution is 2.29. The minimum atomic E-state index is -0.352. The monoisotopic (exact) mass is 488 g/mol. The summed E-state index contributed by atoms with van der Waals surface area (Å²) in [7, 11) is 0. The number of rotatable bonds is 6. The first-order chi connectivity index (χ1) is 15.1. The van der Waals surface area contributed by atoms with E-state index in [4.69, 9.17) is 4.74 Å². The molecule has 0 bridgehead atoms. The highest BCUT2D eigenvalue weighted by molar-refractivity contribution is 9.10. The van der Waals surface area contributed by atoms with Crippen molar-refractivity contribution in [3.63, 3.8) is 0 Å². The molecule has 0 saturated carbocycles. The predicted octanol–water partition coefficient (Wildman–Crippen LogP) is 4.20. The topological polar surface area (TPSA) is 70.9 Å². The number of nitro benzene ring substituents is 1. The molecule has 0 aromatic heterocycles. The predicted molar refractivity (Wildman–Crippen MR) is 126 cm³/mol. The number of anilines is 1. The standard InChI is InChI=1S/C23H29BrN4O3/c24-22-16-18(2-7-23(22)31-21-8-10-25-11-9-21)17-26-12-1-13-27(15-14-26)19-3-5-20(6-4-19)28(29)30/h2-7,16,21,25H,1,8-15,17H2. The lowest BCUT2D eigenvalue weighted by Gasteiger charge is -2.25. The van der Waals surface area contributed by atoms with Gasteiger partial charge in [0.1, 0.15) is 11.9 Å². The van der Waals surface area contributed by atoms with E-state index in [1.54, 1.807) is 12.1 Å². The molecule has 0 spiro atoms. The molecule has 7 nitrogen and oxygen atoms in total. The molecule has 2 aliphatic rings. The molecule has 8 heteroatoms. The first-order valence-corrected chi connectivity index (χ1v) is 11.8. The Balaban J connectivity index is 1.32. The van der Waals surface area contributed by atoms with E-state index in [1.165, 1.54) is 5.56 Å². The van der Waals surface area contributed by atoms with Crippen molar-refractivity contribution in [3.8, 4) is 5.75 Å². The van der Waals surface area contributed by atoms with Crippen LogP contribution in [0, 0.1) is 10.1 Å². The maximum absolute atomic E-state index is 10.9. The van der Waals surface area contributed by atoms with E-state index < -0.39 is 0 Å². The summed E-state index contributed by atoms with van der Waals surface area (Å²) in [4.78, 5) is 15.3. The van der Waals surface area contributed by atoms with E-state index in [0.717, 1.165) is 81.0 Å². The fourth-order valence-electron chi connectivity index (χ4n) is 4.26. The zero-order chi connectivity index (χ0) is 21.6. The molecule has 2 saturated heterocycles. The molecule has 1 N–H and O–H groups in total. The molecule has 2 aromatic rings. The van der Waals surface area contributed by atoms with Gasteiger partial charge in [-0.15, -0.1) is 0 Å². The maximum atomic E-state index is 10.9. The molecule has 0 radical (unpaired) electrons. The molecule has 2 aliphatic heterocycles. The number of non-ortho nitro benzene ring substituents is 1. The number of hydrogen-bond donors (Lipinski definition) is 1. The van der Waals surface area contributed by atoms with E-state index in [0.29, 0.717) is 6.10 Å². The summed E-state index contributed by atoms with van der Waals surface area (Å²) in [6.45, 7) is 6.81.